The quantitative estimate of drug-likeness (QED) is 0.267. The second-order valence-electron chi connectivity index (χ2n) is 10.1. The normalized spacial score (nSPS) is 11.9. The van der Waals surface area contributed by atoms with Crippen molar-refractivity contribution in [2.24, 2.45) is 0 Å². The van der Waals surface area contributed by atoms with Crippen molar-refractivity contribution in [1.29, 1.82) is 0 Å². The van der Waals surface area contributed by atoms with Gasteiger partial charge in [-0.2, -0.15) is 0 Å². The minimum atomic E-state index is -4.24. The summed E-state index contributed by atoms with van der Waals surface area (Å²) < 4.78 is 42.6. The van der Waals surface area contributed by atoms with E-state index in [9.17, 15) is 22.4 Å². The second kappa shape index (κ2) is 13.4. The fraction of sp³-hybridized carbons (Fsp3) is 0.212. The van der Waals surface area contributed by atoms with Crippen LogP contribution in [0.15, 0.2) is 108 Å². The molecule has 0 radical (unpaired) electrons. The number of aryl methyl sites for hydroxylation is 2. The van der Waals surface area contributed by atoms with E-state index in [0.29, 0.717) is 0 Å². The summed E-state index contributed by atoms with van der Waals surface area (Å²) in [5, 5.41) is 2.66. The van der Waals surface area contributed by atoms with E-state index in [2.05, 4.69) is 5.32 Å². The highest BCUT2D eigenvalue weighted by Gasteiger charge is 2.34. The number of likely N-dealkylation sites (N-methyl/N-ethyl adjacent to an activating group) is 1. The van der Waals surface area contributed by atoms with Gasteiger partial charge in [-0.1, -0.05) is 77.9 Å². The molecule has 0 aliphatic heterocycles. The van der Waals surface area contributed by atoms with E-state index in [1.54, 1.807) is 12.1 Å². The largest absolute Gasteiger partial charge is 0.357 e. The van der Waals surface area contributed by atoms with E-state index in [0.717, 1.165) is 38.7 Å². The molecule has 9 heteroatoms. The lowest BCUT2D eigenvalue weighted by molar-refractivity contribution is -0.139. The maximum Gasteiger partial charge on any atom is 0.264 e. The summed E-state index contributed by atoms with van der Waals surface area (Å²) in [6, 6.07) is 27.2. The minimum absolute atomic E-state index is 0.0116. The second-order valence-corrected chi connectivity index (χ2v) is 12.0. The van der Waals surface area contributed by atoms with E-state index < -0.39 is 34.3 Å². The van der Waals surface area contributed by atoms with Crippen LogP contribution >= 0.6 is 0 Å². The topological polar surface area (TPSA) is 86.8 Å². The molecule has 4 aromatic rings. The fourth-order valence-electron chi connectivity index (χ4n) is 4.58. The molecule has 218 valence electrons. The van der Waals surface area contributed by atoms with Gasteiger partial charge in [-0.15, -0.1) is 0 Å². The molecule has 0 saturated carbocycles. The number of hydrogen-bond donors (Lipinski definition) is 1. The molecule has 0 heterocycles. The van der Waals surface area contributed by atoms with Crippen molar-refractivity contribution in [3.05, 3.63) is 131 Å². The van der Waals surface area contributed by atoms with Gasteiger partial charge in [0.1, 0.15) is 18.4 Å². The molecule has 1 atom stereocenters. The molecule has 1 N–H and O–H groups in total. The predicted molar refractivity (Wildman–Crippen MR) is 162 cm³/mol. The van der Waals surface area contributed by atoms with Crippen molar-refractivity contribution in [3.63, 3.8) is 0 Å². The van der Waals surface area contributed by atoms with Gasteiger partial charge in [0.2, 0.25) is 11.8 Å². The summed E-state index contributed by atoms with van der Waals surface area (Å²) in [6.07, 6.45) is 0.222. The van der Waals surface area contributed by atoms with Crippen LogP contribution in [-0.2, 0) is 32.6 Å². The summed E-state index contributed by atoms with van der Waals surface area (Å²) >= 11 is 0. The lowest BCUT2D eigenvalue weighted by Gasteiger charge is -2.33. The molecule has 7 nitrogen and oxygen atoms in total. The van der Waals surface area contributed by atoms with Crippen molar-refractivity contribution in [3.8, 4) is 0 Å². The number of sulfonamides is 1. The minimum Gasteiger partial charge on any atom is -0.357 e. The first-order valence-electron chi connectivity index (χ1n) is 13.5. The third kappa shape index (κ3) is 7.41. The van der Waals surface area contributed by atoms with Crippen LogP contribution in [0.2, 0.25) is 0 Å². The van der Waals surface area contributed by atoms with E-state index in [1.807, 2.05) is 68.4 Å². The van der Waals surface area contributed by atoms with Gasteiger partial charge in [0.25, 0.3) is 10.0 Å². The zero-order chi connectivity index (χ0) is 30.3. The third-order valence-corrected chi connectivity index (χ3v) is 8.78. The molecule has 1 unspecified atom stereocenters. The molecule has 2 amide bonds. The molecule has 0 spiro atoms. The number of nitrogens with zero attached hydrogens (tertiary/aromatic N) is 2. The molecule has 42 heavy (non-hydrogen) atoms. The number of carbonyl (C=O) groups excluding carboxylic acids is 2. The van der Waals surface area contributed by atoms with E-state index in [1.165, 1.54) is 36.2 Å². The molecule has 0 fully saturated rings. The van der Waals surface area contributed by atoms with Gasteiger partial charge in [0, 0.05) is 20.0 Å². The van der Waals surface area contributed by atoms with Crippen LogP contribution in [0.1, 0.15) is 22.3 Å². The highest BCUT2D eigenvalue weighted by atomic mass is 32.2. The zero-order valence-corrected chi connectivity index (χ0v) is 24.6. The molecule has 4 rings (SSSR count). The standard InChI is InChI=1S/C33H34FN3O4S/c1-24-9-13-27(14-10-24)22-36(31(33(39)35-3)21-26-7-5-4-6-8-26)32(38)23-37(29-17-15-28(34)16-18-29)42(40,41)30-19-11-25(2)12-20-30/h4-20,31H,21-23H2,1-3H3,(H,35,39). The molecule has 0 aliphatic carbocycles. The Hall–Kier alpha value is -4.50. The molecular formula is C33H34FN3O4S. The fourth-order valence-corrected chi connectivity index (χ4v) is 6.00. The van der Waals surface area contributed by atoms with E-state index >= 15 is 0 Å². The lowest BCUT2D eigenvalue weighted by atomic mass is 10.0. The Morgan fingerprint density at radius 2 is 1.36 bits per heavy atom. The van der Waals surface area contributed by atoms with Gasteiger partial charge in [-0.05, 0) is 61.4 Å². The zero-order valence-electron chi connectivity index (χ0n) is 23.8. The average molecular weight is 588 g/mol. The first-order chi connectivity index (χ1) is 20.1. The Balaban J connectivity index is 1.77. The Morgan fingerprint density at radius 1 is 0.786 bits per heavy atom. The maximum absolute atomic E-state index is 14.2. The van der Waals surface area contributed by atoms with Crippen LogP contribution in [0, 0.1) is 19.7 Å². The summed E-state index contributed by atoms with van der Waals surface area (Å²) in [4.78, 5) is 28.9. The molecule has 0 saturated heterocycles. The SMILES string of the molecule is CNC(=O)C(Cc1ccccc1)N(Cc1ccc(C)cc1)C(=O)CN(c1ccc(F)cc1)S(=O)(=O)c1ccc(C)cc1. The number of carbonyl (C=O) groups is 2. The highest BCUT2D eigenvalue weighted by molar-refractivity contribution is 7.92. The number of amides is 2. The number of hydrogen-bond acceptors (Lipinski definition) is 4. The Kier molecular flexibility index (Phi) is 9.75. The van der Waals surface area contributed by atoms with E-state index in [4.69, 9.17) is 0 Å². The van der Waals surface area contributed by atoms with Crippen LogP contribution in [0.5, 0.6) is 0 Å². The number of anilines is 1. The first kappa shape index (κ1) is 30.5. The van der Waals surface area contributed by atoms with Crippen molar-refractivity contribution >= 4 is 27.5 Å². The average Bonchev–Trinajstić information content (AvgIpc) is 2.99. The van der Waals surface area contributed by atoms with Gasteiger partial charge >= 0.3 is 0 Å². The highest BCUT2D eigenvalue weighted by Crippen LogP contribution is 2.25. The summed E-state index contributed by atoms with van der Waals surface area (Å²) in [6.45, 7) is 3.26. The van der Waals surface area contributed by atoms with E-state index in [-0.39, 0.29) is 29.5 Å². The smallest absolute Gasteiger partial charge is 0.264 e. The van der Waals surface area contributed by atoms with Crippen LogP contribution in [0.3, 0.4) is 0 Å². The predicted octanol–water partition coefficient (Wildman–Crippen LogP) is 5.02. The Labute approximate surface area is 246 Å². The van der Waals surface area contributed by atoms with Crippen molar-refractivity contribution in [1.82, 2.24) is 10.2 Å². The number of halogens is 1. The molecule has 0 aromatic heterocycles. The van der Waals surface area contributed by atoms with Crippen LogP contribution < -0.4 is 9.62 Å². The van der Waals surface area contributed by atoms with Crippen LogP contribution in [-0.4, -0.2) is 44.8 Å². The van der Waals surface area contributed by atoms with Gasteiger partial charge in [-0.25, -0.2) is 12.8 Å². The summed E-state index contributed by atoms with van der Waals surface area (Å²) in [5.74, 6) is -1.50. The summed E-state index contributed by atoms with van der Waals surface area (Å²) in [5.41, 5.74) is 3.66. The third-order valence-electron chi connectivity index (χ3n) is 6.99. The molecule has 0 aliphatic rings. The van der Waals surface area contributed by atoms with Crippen molar-refractivity contribution in [2.45, 2.75) is 37.8 Å². The number of nitrogens with one attached hydrogen (secondary N) is 1. The molecular weight excluding hydrogens is 553 g/mol. The van der Waals surface area contributed by atoms with Crippen molar-refractivity contribution in [2.75, 3.05) is 17.9 Å². The number of rotatable bonds is 11. The van der Waals surface area contributed by atoms with Crippen molar-refractivity contribution < 1.29 is 22.4 Å². The van der Waals surface area contributed by atoms with Crippen LogP contribution in [0.4, 0.5) is 10.1 Å². The maximum atomic E-state index is 14.2. The Morgan fingerprint density at radius 3 is 1.93 bits per heavy atom. The number of benzene rings is 4. The van der Waals surface area contributed by atoms with Gasteiger partial charge in [0.05, 0.1) is 10.6 Å². The summed E-state index contributed by atoms with van der Waals surface area (Å²) in [7, 11) is -2.74. The van der Waals surface area contributed by atoms with Gasteiger partial charge in [-0.3, -0.25) is 13.9 Å². The molecule has 4 aromatic carbocycles. The monoisotopic (exact) mass is 587 g/mol. The first-order valence-corrected chi connectivity index (χ1v) is 15.0. The Bertz CT molecular complexity index is 1610. The lowest BCUT2D eigenvalue weighted by Crippen LogP contribution is -2.53. The van der Waals surface area contributed by atoms with Gasteiger partial charge < -0.3 is 10.2 Å². The van der Waals surface area contributed by atoms with Gasteiger partial charge in [0.15, 0.2) is 0 Å². The van der Waals surface area contributed by atoms with Crippen LogP contribution in [0.25, 0.3) is 0 Å². The molecule has 0 bridgehead atoms.